The van der Waals surface area contributed by atoms with Crippen molar-refractivity contribution in [2.24, 2.45) is 5.41 Å². The van der Waals surface area contributed by atoms with Crippen molar-refractivity contribution < 1.29 is 5.11 Å². The van der Waals surface area contributed by atoms with Crippen molar-refractivity contribution in [1.82, 2.24) is 0 Å². The molecule has 0 saturated carbocycles. The maximum atomic E-state index is 9.64. The van der Waals surface area contributed by atoms with Crippen molar-refractivity contribution >= 4 is 0 Å². The molecular weight excluding hydrogens is 172 g/mol. The molecule has 0 saturated heterocycles. The van der Waals surface area contributed by atoms with E-state index in [1.165, 1.54) is 12.8 Å². The number of benzene rings is 1. The number of phenols is 1. The van der Waals surface area contributed by atoms with E-state index in [-0.39, 0.29) is 5.41 Å². The molecular formula is C13H20O. The van der Waals surface area contributed by atoms with E-state index in [1.807, 2.05) is 18.2 Å². The first-order chi connectivity index (χ1) is 6.55. The van der Waals surface area contributed by atoms with Crippen LogP contribution in [0.4, 0.5) is 0 Å². The van der Waals surface area contributed by atoms with Crippen LogP contribution in [0, 0.1) is 5.41 Å². The summed E-state index contributed by atoms with van der Waals surface area (Å²) in [6.45, 7) is 6.71. The molecule has 0 amide bonds. The molecule has 0 bridgehead atoms. The highest BCUT2D eigenvalue weighted by Gasteiger charge is 2.18. The van der Waals surface area contributed by atoms with Crippen molar-refractivity contribution in [3.05, 3.63) is 29.8 Å². The van der Waals surface area contributed by atoms with Gasteiger partial charge in [0.15, 0.2) is 0 Å². The van der Waals surface area contributed by atoms with E-state index in [1.54, 1.807) is 6.07 Å². The van der Waals surface area contributed by atoms with Gasteiger partial charge in [0.25, 0.3) is 0 Å². The average Bonchev–Trinajstić information content (AvgIpc) is 2.08. The zero-order chi connectivity index (χ0) is 10.6. The molecule has 0 aromatic heterocycles. The summed E-state index contributed by atoms with van der Waals surface area (Å²) in [5.74, 6) is 0.427. The molecule has 0 atom stereocenters. The number of phenolic OH excluding ortho intramolecular Hbond substituents is 1. The lowest BCUT2D eigenvalue weighted by Gasteiger charge is -2.24. The van der Waals surface area contributed by atoms with Crippen LogP contribution in [0.25, 0.3) is 0 Å². The number of hydrogen-bond donors (Lipinski definition) is 1. The Balaban J connectivity index is 2.73. The molecule has 1 aromatic carbocycles. The Kier molecular flexibility index (Phi) is 3.56. The van der Waals surface area contributed by atoms with Crippen LogP contribution in [0.2, 0.25) is 0 Å². The number of rotatable bonds is 4. The Morgan fingerprint density at radius 1 is 1.21 bits per heavy atom. The molecule has 0 aliphatic heterocycles. The third-order valence-corrected chi connectivity index (χ3v) is 2.59. The molecule has 0 heterocycles. The van der Waals surface area contributed by atoms with Gasteiger partial charge < -0.3 is 5.11 Å². The Bertz CT molecular complexity index is 289. The second-order valence-electron chi connectivity index (χ2n) is 4.72. The summed E-state index contributed by atoms with van der Waals surface area (Å²) >= 11 is 0. The van der Waals surface area contributed by atoms with Gasteiger partial charge in [0.1, 0.15) is 5.75 Å². The van der Waals surface area contributed by atoms with Gasteiger partial charge in [-0.15, -0.1) is 0 Å². The molecule has 78 valence electrons. The van der Waals surface area contributed by atoms with Crippen molar-refractivity contribution in [3.63, 3.8) is 0 Å². The van der Waals surface area contributed by atoms with Crippen LogP contribution in [0.5, 0.6) is 5.75 Å². The second-order valence-corrected chi connectivity index (χ2v) is 4.72. The van der Waals surface area contributed by atoms with Gasteiger partial charge in [-0.25, -0.2) is 0 Å². The molecule has 0 radical (unpaired) electrons. The summed E-state index contributed by atoms with van der Waals surface area (Å²) in [6.07, 6.45) is 3.34. The molecule has 0 aliphatic rings. The van der Waals surface area contributed by atoms with Crippen LogP contribution in [0.3, 0.4) is 0 Å². The molecule has 0 unspecified atom stereocenters. The maximum absolute atomic E-state index is 9.64. The van der Waals surface area contributed by atoms with Crippen molar-refractivity contribution in [3.8, 4) is 5.75 Å². The Labute approximate surface area is 86.8 Å². The quantitative estimate of drug-likeness (QED) is 0.770. The summed E-state index contributed by atoms with van der Waals surface area (Å²) in [7, 11) is 0. The third-order valence-electron chi connectivity index (χ3n) is 2.59. The molecule has 14 heavy (non-hydrogen) atoms. The lowest BCUT2D eigenvalue weighted by atomic mass is 9.81. The van der Waals surface area contributed by atoms with E-state index in [2.05, 4.69) is 20.8 Å². The van der Waals surface area contributed by atoms with Gasteiger partial charge in [-0.1, -0.05) is 45.4 Å². The lowest BCUT2D eigenvalue weighted by molar-refractivity contribution is 0.323. The first-order valence-corrected chi connectivity index (χ1v) is 5.32. The fraction of sp³-hybridized carbons (Fsp3) is 0.538. The van der Waals surface area contributed by atoms with Crippen LogP contribution < -0.4 is 0 Å². The molecule has 1 N–H and O–H groups in total. The van der Waals surface area contributed by atoms with Crippen LogP contribution in [0.15, 0.2) is 24.3 Å². The molecule has 0 fully saturated rings. The standard InChI is InChI=1S/C13H20O/c1-4-9-13(2,3)10-11-7-5-6-8-12(11)14/h5-8,14H,4,9-10H2,1-3H3. The van der Waals surface area contributed by atoms with E-state index in [4.69, 9.17) is 0 Å². The maximum Gasteiger partial charge on any atom is 0.118 e. The van der Waals surface area contributed by atoms with Gasteiger partial charge in [-0.3, -0.25) is 0 Å². The lowest BCUT2D eigenvalue weighted by Crippen LogP contribution is -2.14. The molecule has 1 rings (SSSR count). The van der Waals surface area contributed by atoms with Gasteiger partial charge in [-0.2, -0.15) is 0 Å². The monoisotopic (exact) mass is 192 g/mol. The highest BCUT2D eigenvalue weighted by molar-refractivity contribution is 5.32. The summed E-state index contributed by atoms with van der Waals surface area (Å²) in [5.41, 5.74) is 1.35. The van der Waals surface area contributed by atoms with Gasteiger partial charge in [0.05, 0.1) is 0 Å². The van der Waals surface area contributed by atoms with Crippen LogP contribution >= 0.6 is 0 Å². The van der Waals surface area contributed by atoms with Gasteiger partial charge in [0.2, 0.25) is 0 Å². The van der Waals surface area contributed by atoms with Crippen molar-refractivity contribution in [2.45, 2.75) is 40.0 Å². The fourth-order valence-corrected chi connectivity index (χ4v) is 1.94. The molecule has 1 heteroatoms. The summed E-state index contributed by atoms with van der Waals surface area (Å²) in [5, 5.41) is 9.64. The zero-order valence-corrected chi connectivity index (χ0v) is 9.38. The van der Waals surface area contributed by atoms with E-state index >= 15 is 0 Å². The van der Waals surface area contributed by atoms with Crippen LogP contribution in [-0.4, -0.2) is 5.11 Å². The van der Waals surface area contributed by atoms with Gasteiger partial charge >= 0.3 is 0 Å². The topological polar surface area (TPSA) is 20.2 Å². The van der Waals surface area contributed by atoms with Crippen molar-refractivity contribution in [2.75, 3.05) is 0 Å². The Morgan fingerprint density at radius 2 is 1.86 bits per heavy atom. The molecule has 0 spiro atoms. The Morgan fingerprint density at radius 3 is 2.43 bits per heavy atom. The minimum absolute atomic E-state index is 0.285. The van der Waals surface area contributed by atoms with Gasteiger partial charge in [0, 0.05) is 0 Å². The van der Waals surface area contributed by atoms with E-state index in [0.717, 1.165) is 12.0 Å². The van der Waals surface area contributed by atoms with E-state index < -0.39 is 0 Å². The largest absolute Gasteiger partial charge is 0.508 e. The zero-order valence-electron chi connectivity index (χ0n) is 9.38. The van der Waals surface area contributed by atoms with Gasteiger partial charge in [-0.05, 0) is 29.9 Å². The Hall–Kier alpha value is -0.980. The fourth-order valence-electron chi connectivity index (χ4n) is 1.94. The van der Waals surface area contributed by atoms with Crippen LogP contribution in [0.1, 0.15) is 39.2 Å². The minimum atomic E-state index is 0.285. The average molecular weight is 192 g/mol. The first kappa shape index (κ1) is 11.1. The predicted octanol–water partition coefficient (Wildman–Crippen LogP) is 3.76. The summed E-state index contributed by atoms with van der Waals surface area (Å²) < 4.78 is 0. The minimum Gasteiger partial charge on any atom is -0.508 e. The SMILES string of the molecule is CCCC(C)(C)Cc1ccccc1O. The highest BCUT2D eigenvalue weighted by Crippen LogP contribution is 2.30. The molecule has 1 aromatic rings. The third kappa shape index (κ3) is 3.06. The van der Waals surface area contributed by atoms with E-state index in [9.17, 15) is 5.11 Å². The first-order valence-electron chi connectivity index (χ1n) is 5.32. The number of hydrogen-bond acceptors (Lipinski definition) is 1. The smallest absolute Gasteiger partial charge is 0.118 e. The molecule has 0 aliphatic carbocycles. The predicted molar refractivity (Wildman–Crippen MR) is 60.5 cm³/mol. The van der Waals surface area contributed by atoms with E-state index in [0.29, 0.717) is 5.75 Å². The second kappa shape index (κ2) is 4.50. The van der Waals surface area contributed by atoms with Crippen LogP contribution in [-0.2, 0) is 6.42 Å². The van der Waals surface area contributed by atoms with Crippen molar-refractivity contribution in [1.29, 1.82) is 0 Å². The molecule has 1 nitrogen and oxygen atoms in total. The summed E-state index contributed by atoms with van der Waals surface area (Å²) in [6, 6.07) is 7.62. The number of para-hydroxylation sites is 1. The highest BCUT2D eigenvalue weighted by atomic mass is 16.3. The normalized spacial score (nSPS) is 11.6. The summed E-state index contributed by atoms with van der Waals surface area (Å²) in [4.78, 5) is 0. The number of aromatic hydroxyl groups is 1.